The highest BCUT2D eigenvalue weighted by atomic mass is 16.5. The Morgan fingerprint density at radius 3 is 2.53 bits per heavy atom. The van der Waals surface area contributed by atoms with Crippen LogP contribution in [0.15, 0.2) is 24.3 Å². The highest BCUT2D eigenvalue weighted by Gasteiger charge is 2.33. The van der Waals surface area contributed by atoms with Gasteiger partial charge < -0.3 is 9.84 Å². The van der Waals surface area contributed by atoms with Crippen LogP contribution in [0.3, 0.4) is 0 Å². The Hall–Kier alpha value is -1.35. The highest BCUT2D eigenvalue weighted by molar-refractivity contribution is 5.82. The van der Waals surface area contributed by atoms with Gasteiger partial charge in [0.1, 0.15) is 0 Å². The molecule has 3 nitrogen and oxygen atoms in total. The van der Waals surface area contributed by atoms with Crippen molar-refractivity contribution in [3.63, 3.8) is 0 Å². The van der Waals surface area contributed by atoms with Crippen molar-refractivity contribution in [1.82, 2.24) is 0 Å². The van der Waals surface area contributed by atoms with Gasteiger partial charge in [-0.15, -0.1) is 0 Å². The van der Waals surface area contributed by atoms with Crippen LogP contribution in [-0.2, 0) is 14.9 Å². The smallest absolute Gasteiger partial charge is 0.315 e. The molecular formula is C14H20O3. The maximum Gasteiger partial charge on any atom is 0.315 e. The molecule has 0 heterocycles. The summed E-state index contributed by atoms with van der Waals surface area (Å²) in [6, 6.07) is 7.41. The molecule has 3 heteroatoms. The second-order valence-electron chi connectivity index (χ2n) is 4.61. The number of aliphatic hydroxyl groups is 1. The molecule has 0 aliphatic rings. The molecule has 1 unspecified atom stereocenters. The molecule has 0 fully saturated rings. The molecule has 0 saturated heterocycles. The first-order chi connectivity index (χ1) is 7.91. The van der Waals surface area contributed by atoms with E-state index in [4.69, 9.17) is 4.74 Å². The summed E-state index contributed by atoms with van der Waals surface area (Å²) in [5.74, 6) is -0.270. The third-order valence-corrected chi connectivity index (χ3v) is 2.87. The Balaban J connectivity index is 3.18. The Bertz CT molecular complexity index is 394. The van der Waals surface area contributed by atoms with E-state index in [1.807, 2.05) is 38.1 Å². The molecule has 0 amide bonds. The fraction of sp³-hybridized carbons (Fsp3) is 0.500. The normalized spacial score (nSPS) is 13.2. The fourth-order valence-corrected chi connectivity index (χ4v) is 1.85. The van der Waals surface area contributed by atoms with Gasteiger partial charge in [0.25, 0.3) is 0 Å². The van der Waals surface area contributed by atoms with Gasteiger partial charge in [0.2, 0.25) is 0 Å². The number of ether oxygens (including phenoxy) is 1. The summed E-state index contributed by atoms with van der Waals surface area (Å²) in [6.07, 6.45) is -0.597. The Labute approximate surface area is 102 Å². The van der Waals surface area contributed by atoms with Gasteiger partial charge in [0.15, 0.2) is 0 Å². The molecule has 0 spiro atoms. The van der Waals surface area contributed by atoms with E-state index in [0.717, 1.165) is 11.1 Å². The van der Waals surface area contributed by atoms with E-state index in [9.17, 15) is 9.90 Å². The van der Waals surface area contributed by atoms with Crippen LogP contribution in [0.5, 0.6) is 0 Å². The molecule has 0 bridgehead atoms. The van der Waals surface area contributed by atoms with Crippen molar-refractivity contribution in [3.05, 3.63) is 35.4 Å². The first kappa shape index (κ1) is 13.7. The van der Waals surface area contributed by atoms with Gasteiger partial charge in [0, 0.05) is 0 Å². The average Bonchev–Trinajstić information content (AvgIpc) is 2.29. The zero-order valence-electron chi connectivity index (χ0n) is 10.9. The second kappa shape index (κ2) is 5.32. The Kier molecular flexibility index (Phi) is 4.29. The molecular weight excluding hydrogens is 216 g/mol. The van der Waals surface area contributed by atoms with Gasteiger partial charge in [0.05, 0.1) is 18.1 Å². The summed E-state index contributed by atoms with van der Waals surface area (Å²) >= 11 is 0. The lowest BCUT2D eigenvalue weighted by atomic mass is 9.80. The molecule has 0 aliphatic heterocycles. The summed E-state index contributed by atoms with van der Waals surface area (Å²) < 4.78 is 5.08. The number of carbonyl (C=O) groups excluding carboxylic acids is 1. The van der Waals surface area contributed by atoms with Crippen LogP contribution in [0.4, 0.5) is 0 Å². The SMILES string of the molecule is CCOC(=O)C(C)(C)c1ccccc1C(C)O. The number of esters is 1. The predicted octanol–water partition coefficient (Wildman–Crippen LogP) is 2.58. The zero-order valence-corrected chi connectivity index (χ0v) is 10.9. The van der Waals surface area contributed by atoms with Gasteiger partial charge in [-0.3, -0.25) is 4.79 Å². The number of aliphatic hydroxyl groups excluding tert-OH is 1. The van der Waals surface area contributed by atoms with Crippen molar-refractivity contribution in [2.75, 3.05) is 6.61 Å². The van der Waals surface area contributed by atoms with E-state index in [1.165, 1.54) is 0 Å². The van der Waals surface area contributed by atoms with Crippen LogP contribution in [0.1, 0.15) is 44.9 Å². The van der Waals surface area contributed by atoms with E-state index in [-0.39, 0.29) is 5.97 Å². The third kappa shape index (κ3) is 2.86. The molecule has 1 rings (SSSR count). The number of benzene rings is 1. The summed E-state index contributed by atoms with van der Waals surface area (Å²) in [5, 5.41) is 9.73. The lowest BCUT2D eigenvalue weighted by Gasteiger charge is -2.26. The molecule has 1 N–H and O–H groups in total. The van der Waals surface area contributed by atoms with Crippen molar-refractivity contribution in [2.45, 2.75) is 39.2 Å². The topological polar surface area (TPSA) is 46.5 Å². The molecule has 17 heavy (non-hydrogen) atoms. The number of carbonyl (C=O) groups is 1. The minimum absolute atomic E-state index is 0.270. The van der Waals surface area contributed by atoms with E-state index >= 15 is 0 Å². The molecule has 0 aliphatic carbocycles. The summed E-state index contributed by atoms with van der Waals surface area (Å²) in [5.41, 5.74) is 0.836. The Morgan fingerprint density at radius 2 is 2.00 bits per heavy atom. The van der Waals surface area contributed by atoms with Crippen molar-refractivity contribution in [2.24, 2.45) is 0 Å². The van der Waals surface area contributed by atoms with Crippen molar-refractivity contribution < 1.29 is 14.6 Å². The van der Waals surface area contributed by atoms with E-state index in [1.54, 1.807) is 13.8 Å². The van der Waals surface area contributed by atoms with Crippen LogP contribution in [0.25, 0.3) is 0 Å². The molecule has 0 aromatic heterocycles. The van der Waals surface area contributed by atoms with Gasteiger partial charge in [-0.25, -0.2) is 0 Å². The molecule has 1 aromatic carbocycles. The van der Waals surface area contributed by atoms with Gasteiger partial charge in [-0.2, -0.15) is 0 Å². The minimum Gasteiger partial charge on any atom is -0.465 e. The second-order valence-corrected chi connectivity index (χ2v) is 4.61. The number of rotatable bonds is 4. The summed E-state index contributed by atoms with van der Waals surface area (Å²) in [6.45, 7) is 7.46. The maximum absolute atomic E-state index is 11.9. The van der Waals surface area contributed by atoms with Crippen LogP contribution < -0.4 is 0 Å². The predicted molar refractivity (Wildman–Crippen MR) is 66.7 cm³/mol. The van der Waals surface area contributed by atoms with Gasteiger partial charge in [-0.05, 0) is 38.8 Å². The molecule has 1 aromatic rings. The molecule has 94 valence electrons. The first-order valence-corrected chi connectivity index (χ1v) is 5.86. The quantitative estimate of drug-likeness (QED) is 0.817. The lowest BCUT2D eigenvalue weighted by Crippen LogP contribution is -2.32. The van der Waals surface area contributed by atoms with E-state index in [2.05, 4.69) is 0 Å². The fourth-order valence-electron chi connectivity index (χ4n) is 1.85. The first-order valence-electron chi connectivity index (χ1n) is 5.86. The monoisotopic (exact) mass is 236 g/mol. The molecule has 1 atom stereocenters. The molecule has 0 radical (unpaired) electrons. The van der Waals surface area contributed by atoms with E-state index < -0.39 is 11.5 Å². The van der Waals surface area contributed by atoms with E-state index in [0.29, 0.717) is 6.61 Å². The third-order valence-electron chi connectivity index (χ3n) is 2.87. The van der Waals surface area contributed by atoms with Gasteiger partial charge in [-0.1, -0.05) is 24.3 Å². The maximum atomic E-state index is 11.9. The van der Waals surface area contributed by atoms with Crippen molar-refractivity contribution >= 4 is 5.97 Å². The van der Waals surface area contributed by atoms with Crippen LogP contribution in [0, 0.1) is 0 Å². The average molecular weight is 236 g/mol. The summed E-state index contributed by atoms with van der Waals surface area (Å²) in [7, 11) is 0. The zero-order chi connectivity index (χ0) is 13.1. The Morgan fingerprint density at radius 1 is 1.41 bits per heavy atom. The minimum atomic E-state index is -0.746. The largest absolute Gasteiger partial charge is 0.465 e. The van der Waals surface area contributed by atoms with Crippen LogP contribution >= 0.6 is 0 Å². The van der Waals surface area contributed by atoms with Crippen molar-refractivity contribution in [3.8, 4) is 0 Å². The highest BCUT2D eigenvalue weighted by Crippen LogP contribution is 2.31. The van der Waals surface area contributed by atoms with Crippen LogP contribution in [0.2, 0.25) is 0 Å². The lowest BCUT2D eigenvalue weighted by molar-refractivity contribution is -0.148. The molecule has 0 saturated carbocycles. The van der Waals surface area contributed by atoms with Crippen LogP contribution in [-0.4, -0.2) is 17.7 Å². The van der Waals surface area contributed by atoms with Crippen molar-refractivity contribution in [1.29, 1.82) is 0 Å². The summed E-state index contributed by atoms with van der Waals surface area (Å²) in [4.78, 5) is 11.9. The van der Waals surface area contributed by atoms with Gasteiger partial charge >= 0.3 is 5.97 Å². The standard InChI is InChI=1S/C14H20O3/c1-5-17-13(16)14(3,4)12-9-7-6-8-11(12)10(2)15/h6-10,15H,5H2,1-4H3. The number of hydrogen-bond donors (Lipinski definition) is 1. The number of hydrogen-bond acceptors (Lipinski definition) is 3.